The van der Waals surface area contributed by atoms with Gasteiger partial charge in [0.2, 0.25) is 5.91 Å². The zero-order chi connectivity index (χ0) is 23.4. The van der Waals surface area contributed by atoms with Crippen LogP contribution in [0.15, 0.2) is 24.3 Å². The molecule has 1 saturated carbocycles. The van der Waals surface area contributed by atoms with Gasteiger partial charge in [0.15, 0.2) is 0 Å². The molecule has 0 aromatic heterocycles. The molecule has 182 valence electrons. The van der Waals surface area contributed by atoms with E-state index in [9.17, 15) is 9.59 Å². The van der Waals surface area contributed by atoms with Crippen molar-refractivity contribution in [3.8, 4) is 0 Å². The SMILES string of the molecule is CC(C)(C)c1ccc(C(=O)N2CCN([C@H](C(=O)NC[C@H]3CCCO3)C3CCCC3)CC2)cc1. The van der Waals surface area contributed by atoms with E-state index >= 15 is 0 Å². The van der Waals surface area contributed by atoms with Gasteiger partial charge in [-0.2, -0.15) is 0 Å². The average Bonchev–Trinajstić information content (AvgIpc) is 3.52. The zero-order valence-corrected chi connectivity index (χ0v) is 20.6. The predicted octanol–water partition coefficient (Wildman–Crippen LogP) is 3.60. The lowest BCUT2D eigenvalue weighted by atomic mass is 9.86. The molecule has 1 aromatic carbocycles. The van der Waals surface area contributed by atoms with Crippen molar-refractivity contribution in [2.45, 2.75) is 76.9 Å². The first-order valence-corrected chi connectivity index (χ1v) is 12.9. The van der Waals surface area contributed by atoms with Crippen LogP contribution in [0, 0.1) is 5.92 Å². The predicted molar refractivity (Wildman–Crippen MR) is 130 cm³/mol. The second kappa shape index (κ2) is 10.6. The highest BCUT2D eigenvalue weighted by molar-refractivity contribution is 5.94. The Balaban J connectivity index is 1.35. The fourth-order valence-corrected chi connectivity index (χ4v) is 5.57. The Morgan fingerprint density at radius 3 is 2.24 bits per heavy atom. The first-order valence-electron chi connectivity index (χ1n) is 12.9. The normalized spacial score (nSPS) is 23.6. The van der Waals surface area contributed by atoms with Gasteiger partial charge < -0.3 is 15.0 Å². The first kappa shape index (κ1) is 24.2. The van der Waals surface area contributed by atoms with Gasteiger partial charge in [0, 0.05) is 44.9 Å². The Morgan fingerprint density at radius 1 is 1.00 bits per heavy atom. The van der Waals surface area contributed by atoms with Crippen LogP contribution in [-0.2, 0) is 14.9 Å². The van der Waals surface area contributed by atoms with Crippen LogP contribution >= 0.6 is 0 Å². The molecule has 2 aliphatic heterocycles. The minimum atomic E-state index is -0.0859. The maximum atomic E-state index is 13.2. The van der Waals surface area contributed by atoms with Crippen molar-refractivity contribution in [3.05, 3.63) is 35.4 Å². The third-order valence-electron chi connectivity index (χ3n) is 7.64. The van der Waals surface area contributed by atoms with Crippen molar-refractivity contribution in [3.63, 3.8) is 0 Å². The van der Waals surface area contributed by atoms with Crippen LogP contribution in [0.2, 0.25) is 0 Å². The number of benzene rings is 1. The van der Waals surface area contributed by atoms with E-state index in [2.05, 4.69) is 43.1 Å². The molecular formula is C27H41N3O3. The van der Waals surface area contributed by atoms with Crippen molar-refractivity contribution in [2.75, 3.05) is 39.3 Å². The summed E-state index contributed by atoms with van der Waals surface area (Å²) in [6.07, 6.45) is 6.95. The third kappa shape index (κ3) is 5.96. The molecule has 2 atom stereocenters. The second-order valence-corrected chi connectivity index (χ2v) is 11.0. The van der Waals surface area contributed by atoms with Crippen molar-refractivity contribution in [1.29, 1.82) is 0 Å². The number of piperazine rings is 1. The van der Waals surface area contributed by atoms with Crippen molar-refractivity contribution in [2.24, 2.45) is 5.92 Å². The number of carbonyl (C=O) groups excluding carboxylic acids is 2. The highest BCUT2D eigenvalue weighted by Crippen LogP contribution is 2.31. The zero-order valence-electron chi connectivity index (χ0n) is 20.6. The van der Waals surface area contributed by atoms with Crippen LogP contribution in [0.5, 0.6) is 0 Å². The summed E-state index contributed by atoms with van der Waals surface area (Å²) in [6, 6.07) is 7.96. The van der Waals surface area contributed by atoms with E-state index in [0.717, 1.165) is 50.9 Å². The van der Waals surface area contributed by atoms with Gasteiger partial charge >= 0.3 is 0 Å². The van der Waals surface area contributed by atoms with E-state index in [1.807, 2.05) is 17.0 Å². The molecule has 0 bridgehead atoms. The molecule has 1 aromatic rings. The van der Waals surface area contributed by atoms with E-state index in [1.54, 1.807) is 0 Å². The minimum absolute atomic E-state index is 0.0763. The molecule has 6 heteroatoms. The number of carbonyl (C=O) groups is 2. The molecule has 2 saturated heterocycles. The van der Waals surface area contributed by atoms with Crippen molar-refractivity contribution in [1.82, 2.24) is 15.1 Å². The Morgan fingerprint density at radius 2 is 1.67 bits per heavy atom. The van der Waals surface area contributed by atoms with Crippen LogP contribution in [-0.4, -0.2) is 73.1 Å². The summed E-state index contributed by atoms with van der Waals surface area (Å²) in [5.41, 5.74) is 2.06. The number of nitrogens with zero attached hydrogens (tertiary/aromatic N) is 2. The Kier molecular flexibility index (Phi) is 7.75. The molecular weight excluding hydrogens is 414 g/mol. The summed E-state index contributed by atoms with van der Waals surface area (Å²) in [4.78, 5) is 30.6. The lowest BCUT2D eigenvalue weighted by molar-refractivity contribution is -0.129. The molecule has 2 heterocycles. The van der Waals surface area contributed by atoms with Gasteiger partial charge in [-0.3, -0.25) is 14.5 Å². The standard InChI is InChI=1S/C27H41N3O3/c1-27(2,3)22-12-10-21(11-13-22)26(32)30-16-14-29(15-17-30)24(20-7-4-5-8-20)25(31)28-19-23-9-6-18-33-23/h10-13,20,23-24H,4-9,14-19H2,1-3H3,(H,28,31)/t23-,24+/m1/s1. The van der Waals surface area contributed by atoms with Crippen LogP contribution in [0.25, 0.3) is 0 Å². The molecule has 1 N–H and O–H groups in total. The molecule has 0 unspecified atom stereocenters. The van der Waals surface area contributed by atoms with E-state index < -0.39 is 0 Å². The molecule has 3 fully saturated rings. The van der Waals surface area contributed by atoms with Crippen LogP contribution < -0.4 is 5.32 Å². The Labute approximate surface area is 199 Å². The van der Waals surface area contributed by atoms with Gasteiger partial charge in [-0.25, -0.2) is 0 Å². The highest BCUT2D eigenvalue weighted by Gasteiger charge is 2.37. The summed E-state index contributed by atoms with van der Waals surface area (Å²) in [7, 11) is 0. The summed E-state index contributed by atoms with van der Waals surface area (Å²) in [5.74, 6) is 0.659. The van der Waals surface area contributed by atoms with Crippen LogP contribution in [0.3, 0.4) is 0 Å². The molecule has 33 heavy (non-hydrogen) atoms. The number of nitrogens with one attached hydrogen (secondary N) is 1. The van der Waals surface area contributed by atoms with E-state index in [0.29, 0.717) is 25.6 Å². The van der Waals surface area contributed by atoms with Crippen LogP contribution in [0.4, 0.5) is 0 Å². The quantitative estimate of drug-likeness (QED) is 0.712. The minimum Gasteiger partial charge on any atom is -0.376 e. The van der Waals surface area contributed by atoms with E-state index in [-0.39, 0.29) is 29.4 Å². The average molecular weight is 456 g/mol. The monoisotopic (exact) mass is 455 g/mol. The summed E-state index contributed by atoms with van der Waals surface area (Å²) >= 11 is 0. The Bertz CT molecular complexity index is 797. The smallest absolute Gasteiger partial charge is 0.253 e. The van der Waals surface area contributed by atoms with Crippen molar-refractivity contribution >= 4 is 11.8 Å². The number of amides is 2. The van der Waals surface area contributed by atoms with E-state index in [1.165, 1.54) is 18.4 Å². The maximum Gasteiger partial charge on any atom is 0.253 e. The second-order valence-electron chi connectivity index (χ2n) is 11.0. The van der Waals surface area contributed by atoms with Gasteiger partial charge in [0.05, 0.1) is 12.1 Å². The fraction of sp³-hybridized carbons (Fsp3) is 0.704. The van der Waals surface area contributed by atoms with Gasteiger partial charge in [-0.15, -0.1) is 0 Å². The fourth-order valence-electron chi connectivity index (χ4n) is 5.57. The lowest BCUT2D eigenvalue weighted by Gasteiger charge is -2.41. The van der Waals surface area contributed by atoms with Gasteiger partial charge in [-0.1, -0.05) is 45.7 Å². The molecule has 1 aliphatic carbocycles. The molecule has 0 radical (unpaired) electrons. The van der Waals surface area contributed by atoms with Gasteiger partial charge in [0.1, 0.15) is 0 Å². The number of hydrogen-bond donors (Lipinski definition) is 1. The third-order valence-corrected chi connectivity index (χ3v) is 7.64. The molecule has 0 spiro atoms. The molecule has 6 nitrogen and oxygen atoms in total. The summed E-state index contributed by atoms with van der Waals surface area (Å²) in [5, 5.41) is 3.19. The number of ether oxygens (including phenoxy) is 1. The summed E-state index contributed by atoms with van der Waals surface area (Å²) in [6.45, 7) is 10.8. The van der Waals surface area contributed by atoms with Crippen molar-refractivity contribution < 1.29 is 14.3 Å². The van der Waals surface area contributed by atoms with Crippen LogP contribution in [0.1, 0.15) is 75.2 Å². The highest BCUT2D eigenvalue weighted by atomic mass is 16.5. The lowest BCUT2D eigenvalue weighted by Crippen LogP contribution is -2.58. The summed E-state index contributed by atoms with van der Waals surface area (Å²) < 4.78 is 5.69. The molecule has 2 amide bonds. The van der Waals surface area contributed by atoms with E-state index in [4.69, 9.17) is 4.74 Å². The largest absolute Gasteiger partial charge is 0.376 e. The molecule has 3 aliphatic rings. The maximum absolute atomic E-state index is 13.2. The Hall–Kier alpha value is -1.92. The number of hydrogen-bond acceptors (Lipinski definition) is 4. The molecule has 4 rings (SSSR count). The van der Waals surface area contributed by atoms with Gasteiger partial charge in [-0.05, 0) is 54.7 Å². The number of rotatable bonds is 6. The first-order chi connectivity index (χ1) is 15.8. The van der Waals surface area contributed by atoms with Gasteiger partial charge in [0.25, 0.3) is 5.91 Å². The topological polar surface area (TPSA) is 61.9 Å².